The fourth-order valence-corrected chi connectivity index (χ4v) is 1.53. The average Bonchev–Trinajstić information content (AvgIpc) is 2.39. The summed E-state index contributed by atoms with van der Waals surface area (Å²) in [5.74, 6) is -0.716. The first-order valence-electron chi connectivity index (χ1n) is 5.38. The second kappa shape index (κ2) is 5.95. The van der Waals surface area contributed by atoms with E-state index in [0.29, 0.717) is 17.5 Å². The summed E-state index contributed by atoms with van der Waals surface area (Å²) in [6.07, 6.45) is 0.506. The van der Waals surface area contributed by atoms with Crippen molar-refractivity contribution in [3.63, 3.8) is 0 Å². The van der Waals surface area contributed by atoms with Crippen molar-refractivity contribution in [2.24, 2.45) is 0 Å². The summed E-state index contributed by atoms with van der Waals surface area (Å²) in [6, 6.07) is 5.69. The van der Waals surface area contributed by atoms with E-state index in [1.807, 2.05) is 0 Å². The van der Waals surface area contributed by atoms with Crippen molar-refractivity contribution < 1.29 is 19.1 Å². The van der Waals surface area contributed by atoms with Gasteiger partial charge in [-0.2, -0.15) is 0 Å². The maximum atomic E-state index is 11.4. The van der Waals surface area contributed by atoms with Crippen LogP contribution >= 0.6 is 0 Å². The minimum atomic E-state index is -1.02. The van der Waals surface area contributed by atoms with E-state index in [1.165, 1.54) is 18.9 Å². The smallest absolute Gasteiger partial charge is 0.336 e. The molecule has 5 heteroatoms. The van der Waals surface area contributed by atoms with E-state index in [1.54, 1.807) is 31.3 Å². The van der Waals surface area contributed by atoms with Gasteiger partial charge in [-0.1, -0.05) is 12.1 Å². The predicted octanol–water partition coefficient (Wildman–Crippen LogP) is 1.07. The maximum Gasteiger partial charge on any atom is 0.336 e. The molecule has 0 heterocycles. The van der Waals surface area contributed by atoms with Crippen LogP contribution in [-0.4, -0.2) is 38.2 Å². The van der Waals surface area contributed by atoms with Crippen molar-refractivity contribution in [2.45, 2.75) is 13.0 Å². The molecule has 0 spiro atoms. The van der Waals surface area contributed by atoms with E-state index in [-0.39, 0.29) is 5.78 Å². The van der Waals surface area contributed by atoms with Gasteiger partial charge in [0.15, 0.2) is 18.1 Å². The van der Waals surface area contributed by atoms with E-state index >= 15 is 0 Å². The number of nitrogens with zero attached hydrogens (tertiary/aromatic N) is 1. The Kier molecular flexibility index (Phi) is 4.59. The topological polar surface area (TPSA) is 63.7 Å². The van der Waals surface area contributed by atoms with Gasteiger partial charge in [0.05, 0.1) is 7.11 Å². The normalized spacial score (nSPS) is 11.5. The Hall–Kier alpha value is -2.17. The highest BCUT2D eigenvalue weighted by Gasteiger charge is 2.23. The third-order valence-electron chi connectivity index (χ3n) is 2.65. The second-order valence-corrected chi connectivity index (χ2v) is 3.82. The SMILES string of the molecule is COC(=O)C(C=O)N(C)c1cccc(C(C)=O)c1. The van der Waals surface area contributed by atoms with Gasteiger partial charge in [0.2, 0.25) is 0 Å². The standard InChI is InChI=1S/C13H15NO4/c1-9(16)10-5-4-6-11(7-10)14(2)12(8-15)13(17)18-3/h4-8,12H,1-3H3. The lowest BCUT2D eigenvalue weighted by atomic mass is 10.1. The second-order valence-electron chi connectivity index (χ2n) is 3.82. The van der Waals surface area contributed by atoms with Crippen LogP contribution in [0.1, 0.15) is 17.3 Å². The molecule has 0 aliphatic heterocycles. The Labute approximate surface area is 105 Å². The van der Waals surface area contributed by atoms with Crippen LogP contribution in [0, 0.1) is 0 Å². The number of carbonyl (C=O) groups excluding carboxylic acids is 3. The van der Waals surface area contributed by atoms with Gasteiger partial charge < -0.3 is 14.4 Å². The Morgan fingerprint density at radius 2 is 2.06 bits per heavy atom. The van der Waals surface area contributed by atoms with Gasteiger partial charge in [0, 0.05) is 18.3 Å². The van der Waals surface area contributed by atoms with Crippen molar-refractivity contribution in [3.05, 3.63) is 29.8 Å². The highest BCUT2D eigenvalue weighted by Crippen LogP contribution is 2.17. The van der Waals surface area contributed by atoms with Crippen LogP contribution in [-0.2, 0) is 14.3 Å². The number of hydrogen-bond donors (Lipinski definition) is 0. The summed E-state index contributed by atoms with van der Waals surface area (Å²) < 4.78 is 4.54. The first kappa shape index (κ1) is 13.9. The van der Waals surface area contributed by atoms with Gasteiger partial charge in [-0.15, -0.1) is 0 Å². The first-order chi connectivity index (χ1) is 8.51. The van der Waals surface area contributed by atoms with Crippen LogP contribution in [0.3, 0.4) is 0 Å². The zero-order valence-electron chi connectivity index (χ0n) is 10.5. The first-order valence-corrected chi connectivity index (χ1v) is 5.38. The molecule has 0 amide bonds. The molecule has 0 bridgehead atoms. The van der Waals surface area contributed by atoms with Crippen LogP contribution in [0.2, 0.25) is 0 Å². The number of esters is 1. The van der Waals surface area contributed by atoms with Gasteiger partial charge >= 0.3 is 5.97 Å². The van der Waals surface area contributed by atoms with Crippen LogP contribution in [0.15, 0.2) is 24.3 Å². The van der Waals surface area contributed by atoms with Crippen LogP contribution in [0.4, 0.5) is 5.69 Å². The maximum absolute atomic E-state index is 11.4. The molecular weight excluding hydrogens is 234 g/mol. The average molecular weight is 249 g/mol. The number of benzene rings is 1. The summed E-state index contributed by atoms with van der Waals surface area (Å²) in [7, 11) is 2.81. The summed E-state index contributed by atoms with van der Waals surface area (Å²) in [4.78, 5) is 35.1. The fourth-order valence-electron chi connectivity index (χ4n) is 1.53. The van der Waals surface area contributed by atoms with Crippen molar-refractivity contribution in [1.82, 2.24) is 0 Å². The summed E-state index contributed by atoms with van der Waals surface area (Å²) in [5, 5.41) is 0. The molecule has 5 nitrogen and oxygen atoms in total. The van der Waals surface area contributed by atoms with Crippen molar-refractivity contribution in [3.8, 4) is 0 Å². The molecule has 96 valence electrons. The molecule has 0 aliphatic carbocycles. The number of hydrogen-bond acceptors (Lipinski definition) is 5. The molecule has 1 atom stereocenters. The minimum Gasteiger partial charge on any atom is -0.467 e. The van der Waals surface area contributed by atoms with E-state index < -0.39 is 12.0 Å². The number of ketones is 1. The third-order valence-corrected chi connectivity index (χ3v) is 2.65. The molecule has 0 N–H and O–H groups in total. The molecule has 0 aliphatic rings. The third kappa shape index (κ3) is 2.94. The van der Waals surface area contributed by atoms with Gasteiger partial charge in [-0.05, 0) is 19.1 Å². The van der Waals surface area contributed by atoms with Gasteiger partial charge in [-0.25, -0.2) is 4.79 Å². The number of methoxy groups -OCH3 is 1. The number of carbonyl (C=O) groups is 3. The minimum absolute atomic E-state index is 0.0778. The largest absolute Gasteiger partial charge is 0.467 e. The molecule has 1 aromatic carbocycles. The number of rotatable bonds is 5. The molecule has 1 rings (SSSR count). The zero-order valence-corrected chi connectivity index (χ0v) is 10.5. The molecule has 0 fully saturated rings. The van der Waals surface area contributed by atoms with Crippen LogP contribution in [0.5, 0.6) is 0 Å². The fraction of sp³-hybridized carbons (Fsp3) is 0.308. The van der Waals surface area contributed by atoms with Gasteiger partial charge in [0.1, 0.15) is 0 Å². The lowest BCUT2D eigenvalue weighted by Crippen LogP contribution is -2.40. The van der Waals surface area contributed by atoms with E-state index in [4.69, 9.17) is 0 Å². The van der Waals surface area contributed by atoms with Gasteiger partial charge in [-0.3, -0.25) is 4.79 Å². The van der Waals surface area contributed by atoms with E-state index in [2.05, 4.69) is 4.74 Å². The Morgan fingerprint density at radius 3 is 2.56 bits per heavy atom. The lowest BCUT2D eigenvalue weighted by Gasteiger charge is -2.24. The predicted molar refractivity (Wildman–Crippen MR) is 66.7 cm³/mol. The number of likely N-dealkylation sites (N-methyl/N-ethyl adjacent to an activating group) is 1. The molecule has 0 radical (unpaired) electrons. The lowest BCUT2D eigenvalue weighted by molar-refractivity contribution is -0.143. The number of ether oxygens (including phenoxy) is 1. The summed E-state index contributed by atoms with van der Waals surface area (Å²) in [6.45, 7) is 1.45. The van der Waals surface area contributed by atoms with Crippen molar-refractivity contribution in [2.75, 3.05) is 19.1 Å². The van der Waals surface area contributed by atoms with Crippen LogP contribution < -0.4 is 4.90 Å². The molecule has 0 saturated heterocycles. The summed E-state index contributed by atoms with van der Waals surface area (Å²) >= 11 is 0. The molecule has 1 aromatic rings. The molecular formula is C13H15NO4. The van der Waals surface area contributed by atoms with Crippen molar-refractivity contribution in [1.29, 1.82) is 0 Å². The van der Waals surface area contributed by atoms with Gasteiger partial charge in [0.25, 0.3) is 0 Å². The Bertz CT molecular complexity index is 470. The van der Waals surface area contributed by atoms with E-state index in [0.717, 1.165) is 0 Å². The van der Waals surface area contributed by atoms with Crippen molar-refractivity contribution >= 4 is 23.7 Å². The number of aldehydes is 1. The number of Topliss-reactive ketones (excluding diaryl/α,β-unsaturated/α-hetero) is 1. The molecule has 18 heavy (non-hydrogen) atoms. The molecule has 0 saturated carbocycles. The number of anilines is 1. The highest BCUT2D eigenvalue weighted by atomic mass is 16.5. The van der Waals surface area contributed by atoms with E-state index in [9.17, 15) is 14.4 Å². The Balaban J connectivity index is 3.05. The molecule has 1 unspecified atom stereocenters. The monoisotopic (exact) mass is 249 g/mol. The molecule has 0 aromatic heterocycles. The Morgan fingerprint density at radius 1 is 1.39 bits per heavy atom. The summed E-state index contributed by atoms with van der Waals surface area (Å²) in [5.41, 5.74) is 1.12. The zero-order chi connectivity index (χ0) is 13.7. The quantitative estimate of drug-likeness (QED) is 0.338. The highest BCUT2D eigenvalue weighted by molar-refractivity contribution is 5.97. The van der Waals surface area contributed by atoms with Crippen LogP contribution in [0.25, 0.3) is 0 Å².